The van der Waals surface area contributed by atoms with Crippen molar-refractivity contribution in [1.82, 2.24) is 14.7 Å². The van der Waals surface area contributed by atoms with Crippen molar-refractivity contribution < 1.29 is 75.9 Å². The SMILES string of the molecule is C#C[C@@H]1CN(C(=O)OC(C)(C)C)CCO1.CC(C)(C)OC(=O)N1CCO[C@H](C=O)C1.CC(C)(C)OC(=O)N1CCO[C@H](CO)C1.COP(=O)(OC)C(=[N+]=[N-])C(C)=O. The van der Waals surface area contributed by atoms with Crippen molar-refractivity contribution in [2.75, 3.05) is 79.9 Å². The van der Waals surface area contributed by atoms with E-state index in [1.807, 2.05) is 62.3 Å². The summed E-state index contributed by atoms with van der Waals surface area (Å²) in [6, 6.07) is 0. The van der Waals surface area contributed by atoms with E-state index in [0.717, 1.165) is 21.1 Å². The van der Waals surface area contributed by atoms with Crippen molar-refractivity contribution in [3.8, 4) is 12.3 Å². The zero-order chi connectivity index (χ0) is 44.2. The fourth-order valence-corrected chi connectivity index (χ4v) is 5.37. The number of aliphatic hydroxyl groups is 1. The maximum absolute atomic E-state index is 11.7. The highest BCUT2D eigenvalue weighted by atomic mass is 31.2. The molecule has 0 aromatic heterocycles. The number of Topliss-reactive ketones (excluding diaryl/α,β-unsaturated/α-hetero) is 1. The fourth-order valence-electron chi connectivity index (χ4n) is 4.38. The maximum atomic E-state index is 11.7. The molecule has 20 nitrogen and oxygen atoms in total. The highest BCUT2D eigenvalue weighted by molar-refractivity contribution is 7.74. The number of ketones is 1. The quantitative estimate of drug-likeness (QED) is 0.0767. The summed E-state index contributed by atoms with van der Waals surface area (Å²) in [7, 11) is -1.51. The van der Waals surface area contributed by atoms with Gasteiger partial charge in [-0.1, -0.05) is 5.92 Å². The van der Waals surface area contributed by atoms with Crippen molar-refractivity contribution in [3.63, 3.8) is 0 Å². The summed E-state index contributed by atoms with van der Waals surface area (Å²) in [4.78, 5) is 63.3. The topological polar surface area (TPSA) is 243 Å². The molecule has 0 radical (unpaired) electrons. The molecule has 0 bridgehead atoms. The first-order valence-corrected chi connectivity index (χ1v) is 19.6. The van der Waals surface area contributed by atoms with Crippen LogP contribution < -0.4 is 0 Å². The average molecular weight is 836 g/mol. The minimum atomic E-state index is -3.70. The molecule has 3 heterocycles. The lowest BCUT2D eigenvalue weighted by atomic mass is 10.2. The number of carbonyl (C=O) groups excluding carboxylic acids is 5. The predicted molar refractivity (Wildman–Crippen MR) is 206 cm³/mol. The molecular formula is C36H62N5O15P. The largest absolute Gasteiger partial charge is 0.446 e. The van der Waals surface area contributed by atoms with Gasteiger partial charge in [-0.2, -0.15) is 4.79 Å². The van der Waals surface area contributed by atoms with Gasteiger partial charge >= 0.3 is 31.3 Å². The molecule has 0 unspecified atom stereocenters. The Kier molecular flexibility index (Phi) is 23.1. The Morgan fingerprint density at radius 1 is 0.789 bits per heavy atom. The van der Waals surface area contributed by atoms with Crippen molar-refractivity contribution >= 4 is 43.4 Å². The molecule has 0 aliphatic carbocycles. The van der Waals surface area contributed by atoms with E-state index in [1.54, 1.807) is 9.80 Å². The van der Waals surface area contributed by atoms with Gasteiger partial charge in [0.2, 0.25) is 5.78 Å². The lowest BCUT2D eigenvalue weighted by Gasteiger charge is -2.33. The average Bonchev–Trinajstić information content (AvgIpc) is 3.13. The normalized spacial score (nSPS) is 19.9. The van der Waals surface area contributed by atoms with Gasteiger partial charge in [-0.25, -0.2) is 18.9 Å². The number of terminal acetylenes is 1. The van der Waals surface area contributed by atoms with Crippen LogP contribution in [-0.2, 0) is 51.6 Å². The van der Waals surface area contributed by atoms with Gasteiger partial charge in [-0.15, -0.1) is 6.42 Å². The molecule has 3 rings (SSSR count). The number of nitrogens with zero attached hydrogens (tertiary/aromatic N) is 5. The van der Waals surface area contributed by atoms with Gasteiger partial charge in [-0.3, -0.25) is 4.79 Å². The second-order valence-electron chi connectivity index (χ2n) is 15.4. The molecule has 1 N–H and O–H groups in total. The van der Waals surface area contributed by atoms with E-state index >= 15 is 0 Å². The van der Waals surface area contributed by atoms with Crippen LogP contribution in [0.1, 0.15) is 69.2 Å². The molecular weight excluding hydrogens is 773 g/mol. The van der Waals surface area contributed by atoms with E-state index in [2.05, 4.69) is 19.8 Å². The minimum Gasteiger partial charge on any atom is -0.444 e. The van der Waals surface area contributed by atoms with Gasteiger partial charge in [0.15, 0.2) is 6.29 Å². The number of hydrogen-bond acceptors (Lipinski definition) is 15. The smallest absolute Gasteiger partial charge is 0.444 e. The van der Waals surface area contributed by atoms with Gasteiger partial charge < -0.3 is 67.6 Å². The third kappa shape index (κ3) is 22.0. The summed E-state index contributed by atoms with van der Waals surface area (Å²) in [5, 5.41) is 8.92. The summed E-state index contributed by atoms with van der Waals surface area (Å²) < 4.78 is 51.5. The van der Waals surface area contributed by atoms with Crippen LogP contribution in [0.4, 0.5) is 14.4 Å². The summed E-state index contributed by atoms with van der Waals surface area (Å²) in [5.41, 5.74) is 6.26. The van der Waals surface area contributed by atoms with Crippen molar-refractivity contribution in [2.45, 2.75) is 104 Å². The highest BCUT2D eigenvalue weighted by Gasteiger charge is 2.41. The number of rotatable bonds is 6. The Morgan fingerprint density at radius 3 is 1.53 bits per heavy atom. The van der Waals surface area contributed by atoms with E-state index in [9.17, 15) is 28.5 Å². The van der Waals surface area contributed by atoms with Crippen LogP contribution in [0.15, 0.2) is 0 Å². The summed E-state index contributed by atoms with van der Waals surface area (Å²) in [5.74, 6) is 1.82. The molecule has 21 heteroatoms. The molecule has 0 saturated carbocycles. The number of hydrogen-bond donors (Lipinski definition) is 1. The molecule has 0 aromatic rings. The zero-order valence-corrected chi connectivity index (χ0v) is 36.2. The van der Waals surface area contributed by atoms with E-state index in [0.29, 0.717) is 58.8 Å². The first kappa shape index (κ1) is 53.1. The molecule has 3 atom stereocenters. The van der Waals surface area contributed by atoms with Crippen molar-refractivity contribution in [2.24, 2.45) is 0 Å². The van der Waals surface area contributed by atoms with Crippen molar-refractivity contribution in [3.05, 3.63) is 5.53 Å². The molecule has 326 valence electrons. The maximum Gasteiger partial charge on any atom is 0.446 e. The Labute approximate surface area is 335 Å². The standard InChI is InChI=1S/C11H17NO3.C10H19NO4.C10H17NO4.C5H9N2O4P/c1-5-9-8-12(6-7-14-9)10(13)15-11(2,3)4;2*1-10(2,3)15-9(13)11-4-5-14-8(6-11)7-12;1-4(8)5(7-6)12(9,10-2)11-3/h1,9H,6-8H2,2-4H3;8,12H,4-7H2,1-3H3;7-8H,4-6H2,1-3H3;1-3H3/t9-;2*8-;/m100./s1. The van der Waals surface area contributed by atoms with Gasteiger partial charge in [0.1, 0.15) is 29.0 Å². The summed E-state index contributed by atoms with van der Waals surface area (Å²) in [6.07, 6.45) is 3.76. The summed E-state index contributed by atoms with van der Waals surface area (Å²) >= 11 is 0. The fraction of sp³-hybridized carbons (Fsp3) is 0.778. The lowest BCUT2D eigenvalue weighted by Crippen LogP contribution is -2.48. The Bertz CT molecular complexity index is 1450. The molecule has 3 aliphatic heterocycles. The van der Waals surface area contributed by atoms with Crippen LogP contribution in [0.5, 0.6) is 0 Å². The third-order valence-corrected chi connectivity index (χ3v) is 8.83. The molecule has 57 heavy (non-hydrogen) atoms. The molecule has 3 amide bonds. The zero-order valence-electron chi connectivity index (χ0n) is 35.3. The first-order chi connectivity index (χ1) is 26.3. The number of morpholine rings is 3. The number of ether oxygens (including phenoxy) is 6. The number of aldehydes is 1. The molecule has 0 aromatic carbocycles. The van der Waals surface area contributed by atoms with Gasteiger partial charge in [-0.05, 0) is 62.3 Å². The molecule has 3 saturated heterocycles. The number of carbonyl (C=O) groups is 5. The van der Waals surface area contributed by atoms with Gasteiger partial charge in [0.25, 0.3) is 0 Å². The first-order valence-electron chi connectivity index (χ1n) is 18.0. The van der Waals surface area contributed by atoms with Gasteiger partial charge in [0, 0.05) is 40.8 Å². The van der Waals surface area contributed by atoms with E-state index in [-0.39, 0.29) is 37.5 Å². The Balaban J connectivity index is 0.000000737. The van der Waals surface area contributed by atoms with E-state index in [1.165, 1.54) is 4.90 Å². The van der Waals surface area contributed by atoms with Crippen LogP contribution >= 0.6 is 7.60 Å². The van der Waals surface area contributed by atoms with Crippen LogP contribution in [0.2, 0.25) is 0 Å². The minimum absolute atomic E-state index is 0.0701. The Hall–Kier alpha value is -3.92. The monoisotopic (exact) mass is 835 g/mol. The highest BCUT2D eigenvalue weighted by Crippen LogP contribution is 2.47. The van der Waals surface area contributed by atoms with E-state index < -0.39 is 47.8 Å². The van der Waals surface area contributed by atoms with Crippen LogP contribution in [0.3, 0.4) is 0 Å². The van der Waals surface area contributed by atoms with E-state index in [4.69, 9.17) is 45.5 Å². The molecule has 0 spiro atoms. The molecule has 3 fully saturated rings. The number of amides is 3. The second-order valence-corrected chi connectivity index (χ2v) is 17.5. The van der Waals surface area contributed by atoms with Crippen LogP contribution in [0, 0.1) is 12.3 Å². The number of aliphatic hydroxyl groups excluding tert-OH is 1. The summed E-state index contributed by atoms with van der Waals surface area (Å²) in [6.45, 7) is 21.3. The Morgan fingerprint density at radius 2 is 1.19 bits per heavy atom. The predicted octanol–water partition coefficient (Wildman–Crippen LogP) is 3.38. The third-order valence-electron chi connectivity index (χ3n) is 6.94. The second kappa shape index (κ2) is 24.8. The lowest BCUT2D eigenvalue weighted by molar-refractivity contribution is -0.123. The van der Waals surface area contributed by atoms with Gasteiger partial charge in [0.05, 0.1) is 52.2 Å². The molecule has 3 aliphatic rings. The van der Waals surface area contributed by atoms with Crippen molar-refractivity contribution in [1.29, 1.82) is 0 Å². The van der Waals surface area contributed by atoms with Crippen LogP contribution in [0.25, 0.3) is 5.53 Å². The van der Waals surface area contributed by atoms with Crippen LogP contribution in [-0.4, -0.2) is 175 Å².